The highest BCUT2D eigenvalue weighted by molar-refractivity contribution is 6.43. The molecule has 0 fully saturated rings. The second kappa shape index (κ2) is 7.68. The van der Waals surface area contributed by atoms with Crippen LogP contribution < -0.4 is 10.1 Å². The van der Waals surface area contributed by atoms with Gasteiger partial charge in [0.05, 0.1) is 17.2 Å². The minimum Gasteiger partial charge on any atom is -0.497 e. The Morgan fingerprint density at radius 2 is 1.91 bits per heavy atom. The Balaban J connectivity index is 2.22. The van der Waals surface area contributed by atoms with Crippen molar-refractivity contribution in [1.29, 1.82) is 5.26 Å². The lowest BCUT2D eigenvalue weighted by atomic mass is 10.1. The first kappa shape index (κ1) is 16.9. The molecule has 2 aromatic rings. The predicted octanol–water partition coefficient (Wildman–Crippen LogP) is 4.55. The van der Waals surface area contributed by atoms with Crippen LogP contribution in [0.3, 0.4) is 0 Å². The van der Waals surface area contributed by atoms with E-state index in [0.29, 0.717) is 27.0 Å². The summed E-state index contributed by atoms with van der Waals surface area (Å²) in [6, 6.07) is 13.6. The molecule has 0 saturated heterocycles. The van der Waals surface area contributed by atoms with Crippen molar-refractivity contribution >= 4 is 40.9 Å². The Kier molecular flexibility index (Phi) is 5.64. The normalized spacial score (nSPS) is 10.8. The van der Waals surface area contributed by atoms with Crippen molar-refractivity contribution in [3.8, 4) is 11.8 Å². The third-order valence-electron chi connectivity index (χ3n) is 2.99. The number of nitrogens with one attached hydrogen (secondary N) is 1. The van der Waals surface area contributed by atoms with Crippen LogP contribution in [0.25, 0.3) is 6.08 Å². The Hall–Kier alpha value is -2.48. The number of anilines is 1. The van der Waals surface area contributed by atoms with Gasteiger partial charge in [0.25, 0.3) is 5.91 Å². The van der Waals surface area contributed by atoms with Gasteiger partial charge in [-0.25, -0.2) is 0 Å². The van der Waals surface area contributed by atoms with Gasteiger partial charge in [-0.15, -0.1) is 0 Å². The number of benzene rings is 2. The van der Waals surface area contributed by atoms with Crippen LogP contribution in [0.4, 0.5) is 5.69 Å². The number of carbonyl (C=O) groups is 1. The molecule has 2 aromatic carbocycles. The van der Waals surface area contributed by atoms with Gasteiger partial charge in [0.15, 0.2) is 0 Å². The summed E-state index contributed by atoms with van der Waals surface area (Å²) in [5.41, 5.74) is 0.972. The van der Waals surface area contributed by atoms with E-state index >= 15 is 0 Å². The number of nitriles is 1. The number of carbonyl (C=O) groups excluding carboxylic acids is 1. The van der Waals surface area contributed by atoms with E-state index in [4.69, 9.17) is 27.9 Å². The van der Waals surface area contributed by atoms with Crippen molar-refractivity contribution in [2.75, 3.05) is 12.4 Å². The SMILES string of the molecule is COc1ccc(NC(=O)C(C#N)=Cc2cccc(Cl)c2Cl)cc1. The second-order valence-corrected chi connectivity index (χ2v) is 5.28. The molecule has 2 rings (SSSR count). The van der Waals surface area contributed by atoms with Crippen LogP contribution in [0, 0.1) is 11.3 Å². The average molecular weight is 347 g/mol. The standard InChI is InChI=1S/C17H12Cl2N2O2/c1-23-14-7-5-13(6-8-14)21-17(22)12(10-20)9-11-3-2-4-15(18)16(11)19/h2-9H,1H3,(H,21,22). The zero-order valence-electron chi connectivity index (χ0n) is 12.1. The number of nitrogens with zero attached hydrogens (tertiary/aromatic N) is 1. The van der Waals surface area contributed by atoms with Crippen LogP contribution in [0.15, 0.2) is 48.0 Å². The molecule has 0 radical (unpaired) electrons. The van der Waals surface area contributed by atoms with Gasteiger partial charge in [0.2, 0.25) is 0 Å². The fourth-order valence-electron chi connectivity index (χ4n) is 1.81. The molecule has 116 valence electrons. The van der Waals surface area contributed by atoms with Crippen molar-refractivity contribution in [1.82, 2.24) is 0 Å². The maximum absolute atomic E-state index is 12.2. The summed E-state index contributed by atoms with van der Waals surface area (Å²) in [7, 11) is 1.55. The topological polar surface area (TPSA) is 62.1 Å². The summed E-state index contributed by atoms with van der Waals surface area (Å²) in [4.78, 5) is 12.2. The van der Waals surface area contributed by atoms with E-state index < -0.39 is 5.91 Å². The molecular weight excluding hydrogens is 335 g/mol. The van der Waals surface area contributed by atoms with E-state index in [2.05, 4.69) is 5.32 Å². The molecule has 4 nitrogen and oxygen atoms in total. The maximum Gasteiger partial charge on any atom is 0.266 e. The number of rotatable bonds is 4. The van der Waals surface area contributed by atoms with Gasteiger partial charge in [-0.2, -0.15) is 5.26 Å². The molecule has 23 heavy (non-hydrogen) atoms. The number of ether oxygens (including phenoxy) is 1. The Morgan fingerprint density at radius 3 is 2.52 bits per heavy atom. The molecular formula is C17H12Cl2N2O2. The summed E-state index contributed by atoms with van der Waals surface area (Å²) < 4.78 is 5.04. The van der Waals surface area contributed by atoms with Crippen LogP contribution in [0.1, 0.15) is 5.56 Å². The van der Waals surface area contributed by atoms with E-state index in [1.54, 1.807) is 49.6 Å². The first-order valence-corrected chi connectivity index (χ1v) is 7.32. The Labute approximate surface area is 143 Å². The van der Waals surface area contributed by atoms with Gasteiger partial charge in [-0.3, -0.25) is 4.79 Å². The number of hydrogen-bond acceptors (Lipinski definition) is 3. The molecule has 0 atom stereocenters. The van der Waals surface area contributed by atoms with Crippen LogP contribution in [-0.4, -0.2) is 13.0 Å². The molecule has 0 aromatic heterocycles. The van der Waals surface area contributed by atoms with Gasteiger partial charge in [0.1, 0.15) is 17.4 Å². The van der Waals surface area contributed by atoms with Crippen LogP contribution in [0.5, 0.6) is 5.75 Å². The lowest BCUT2D eigenvalue weighted by Gasteiger charge is -2.06. The lowest BCUT2D eigenvalue weighted by Crippen LogP contribution is -2.13. The molecule has 0 heterocycles. The highest BCUT2D eigenvalue weighted by Crippen LogP contribution is 2.27. The van der Waals surface area contributed by atoms with Crippen LogP contribution in [-0.2, 0) is 4.79 Å². The van der Waals surface area contributed by atoms with Crippen LogP contribution in [0.2, 0.25) is 10.0 Å². The van der Waals surface area contributed by atoms with Crippen molar-refractivity contribution in [2.24, 2.45) is 0 Å². The Morgan fingerprint density at radius 1 is 1.22 bits per heavy atom. The molecule has 1 amide bonds. The largest absolute Gasteiger partial charge is 0.497 e. The summed E-state index contributed by atoms with van der Waals surface area (Å²) in [5.74, 6) is 0.137. The summed E-state index contributed by atoms with van der Waals surface area (Å²) >= 11 is 12.0. The Bertz CT molecular complexity index is 793. The summed E-state index contributed by atoms with van der Waals surface area (Å²) in [6.45, 7) is 0. The minimum absolute atomic E-state index is 0.0787. The third kappa shape index (κ3) is 4.26. The molecule has 0 aliphatic heterocycles. The number of hydrogen-bond donors (Lipinski definition) is 1. The molecule has 0 unspecified atom stereocenters. The molecule has 0 spiro atoms. The fourth-order valence-corrected chi connectivity index (χ4v) is 2.17. The van der Waals surface area contributed by atoms with Crippen molar-refractivity contribution in [3.05, 3.63) is 63.6 Å². The zero-order valence-corrected chi connectivity index (χ0v) is 13.7. The third-order valence-corrected chi connectivity index (χ3v) is 3.83. The smallest absolute Gasteiger partial charge is 0.266 e. The number of amides is 1. The molecule has 0 aliphatic rings. The van der Waals surface area contributed by atoms with Crippen molar-refractivity contribution < 1.29 is 9.53 Å². The van der Waals surface area contributed by atoms with Crippen molar-refractivity contribution in [2.45, 2.75) is 0 Å². The zero-order chi connectivity index (χ0) is 16.8. The van der Waals surface area contributed by atoms with E-state index in [1.807, 2.05) is 6.07 Å². The van der Waals surface area contributed by atoms with Gasteiger partial charge in [-0.1, -0.05) is 35.3 Å². The molecule has 6 heteroatoms. The highest BCUT2D eigenvalue weighted by atomic mass is 35.5. The summed E-state index contributed by atoms with van der Waals surface area (Å²) in [6.07, 6.45) is 1.40. The van der Waals surface area contributed by atoms with E-state index in [1.165, 1.54) is 6.08 Å². The highest BCUT2D eigenvalue weighted by Gasteiger charge is 2.11. The molecule has 1 N–H and O–H groups in total. The number of methoxy groups -OCH3 is 1. The summed E-state index contributed by atoms with van der Waals surface area (Å²) in [5, 5.41) is 12.5. The van der Waals surface area contributed by atoms with Crippen molar-refractivity contribution in [3.63, 3.8) is 0 Å². The first-order valence-electron chi connectivity index (χ1n) is 6.56. The van der Waals surface area contributed by atoms with Crippen LogP contribution >= 0.6 is 23.2 Å². The molecule has 0 saturated carbocycles. The maximum atomic E-state index is 12.2. The van der Waals surface area contributed by atoms with E-state index in [9.17, 15) is 10.1 Å². The number of halogens is 2. The lowest BCUT2D eigenvalue weighted by molar-refractivity contribution is -0.112. The minimum atomic E-state index is -0.534. The first-order chi connectivity index (χ1) is 11.0. The van der Waals surface area contributed by atoms with Gasteiger partial charge < -0.3 is 10.1 Å². The van der Waals surface area contributed by atoms with E-state index in [0.717, 1.165) is 0 Å². The molecule has 0 bridgehead atoms. The van der Waals surface area contributed by atoms with Gasteiger partial charge >= 0.3 is 0 Å². The quantitative estimate of drug-likeness (QED) is 0.652. The molecule has 0 aliphatic carbocycles. The van der Waals surface area contributed by atoms with Gasteiger partial charge in [0, 0.05) is 5.69 Å². The fraction of sp³-hybridized carbons (Fsp3) is 0.0588. The van der Waals surface area contributed by atoms with E-state index in [-0.39, 0.29) is 5.57 Å². The monoisotopic (exact) mass is 346 g/mol. The average Bonchev–Trinajstić information content (AvgIpc) is 2.56. The second-order valence-electron chi connectivity index (χ2n) is 4.50. The predicted molar refractivity (Wildman–Crippen MR) is 91.7 cm³/mol. The van der Waals surface area contributed by atoms with Gasteiger partial charge in [-0.05, 0) is 42.0 Å².